The smallest absolute Gasteiger partial charge is 0.338 e. The lowest BCUT2D eigenvalue weighted by Gasteiger charge is -2.25. The lowest BCUT2D eigenvalue weighted by atomic mass is 9.95. The summed E-state index contributed by atoms with van der Waals surface area (Å²) < 4.78 is 13.5. The third-order valence-electron chi connectivity index (χ3n) is 4.78. The van der Waals surface area contributed by atoms with Gasteiger partial charge in [-0.25, -0.2) is 9.79 Å². The van der Waals surface area contributed by atoms with Gasteiger partial charge in [0.2, 0.25) is 0 Å². The number of ether oxygens (including phenoxy) is 2. The molecule has 0 spiro atoms. The van der Waals surface area contributed by atoms with Crippen LogP contribution in [0.1, 0.15) is 23.4 Å². The molecule has 0 saturated heterocycles. The number of rotatable bonds is 4. The standard InChI is InChI=1S/C21H16BrClN2O4S2/c1-10-17(20(27)29-3)18(13-8-11(23)4-6-14(13)28-2)25-19(26)15(31-21(25)24-10)9-12-5-7-16(22)30-12/h4-9,18H,1-3H3/b15-9-/t18-/m1/s1. The Morgan fingerprint density at radius 1 is 1.26 bits per heavy atom. The lowest BCUT2D eigenvalue weighted by molar-refractivity contribution is -0.136. The first kappa shape index (κ1) is 22.0. The first-order valence-electron chi connectivity index (χ1n) is 9.03. The Hall–Kier alpha value is -2.20. The van der Waals surface area contributed by atoms with Crippen LogP contribution in [0.25, 0.3) is 6.08 Å². The van der Waals surface area contributed by atoms with E-state index in [9.17, 15) is 9.59 Å². The number of thiophene rings is 1. The number of nitrogens with zero attached hydrogens (tertiary/aromatic N) is 2. The van der Waals surface area contributed by atoms with Gasteiger partial charge in [0.25, 0.3) is 5.56 Å². The van der Waals surface area contributed by atoms with Crippen LogP contribution in [-0.2, 0) is 9.53 Å². The van der Waals surface area contributed by atoms with Gasteiger partial charge in [0, 0.05) is 15.5 Å². The second kappa shape index (κ2) is 8.74. The first-order valence-corrected chi connectivity index (χ1v) is 11.8. The van der Waals surface area contributed by atoms with Crippen molar-refractivity contribution in [3.8, 4) is 5.75 Å². The van der Waals surface area contributed by atoms with E-state index < -0.39 is 12.0 Å². The number of carbonyl (C=O) groups is 1. The van der Waals surface area contributed by atoms with Crippen molar-refractivity contribution in [2.24, 2.45) is 4.99 Å². The fourth-order valence-corrected chi connectivity index (χ4v) is 6.10. The molecule has 3 heterocycles. The number of halogens is 2. The number of hydrogen-bond acceptors (Lipinski definition) is 7. The van der Waals surface area contributed by atoms with Crippen molar-refractivity contribution in [3.05, 3.63) is 80.5 Å². The minimum absolute atomic E-state index is 0.255. The van der Waals surface area contributed by atoms with E-state index in [1.54, 1.807) is 25.1 Å². The molecule has 1 atom stereocenters. The summed E-state index contributed by atoms with van der Waals surface area (Å²) in [6.07, 6.45) is 1.82. The minimum Gasteiger partial charge on any atom is -0.496 e. The van der Waals surface area contributed by atoms with Crippen molar-refractivity contribution in [1.82, 2.24) is 4.57 Å². The predicted octanol–water partition coefficient (Wildman–Crippen LogP) is 3.89. The van der Waals surface area contributed by atoms with Gasteiger partial charge in [-0.2, -0.15) is 0 Å². The number of hydrogen-bond donors (Lipinski definition) is 0. The van der Waals surface area contributed by atoms with E-state index in [-0.39, 0.29) is 11.1 Å². The number of fused-ring (bicyclic) bond motifs is 1. The maximum Gasteiger partial charge on any atom is 0.338 e. The molecule has 6 nitrogen and oxygen atoms in total. The van der Waals surface area contributed by atoms with Gasteiger partial charge in [-0.15, -0.1) is 11.3 Å². The Bertz CT molecular complexity index is 1400. The maximum absolute atomic E-state index is 13.5. The van der Waals surface area contributed by atoms with Crippen molar-refractivity contribution in [2.75, 3.05) is 14.2 Å². The lowest BCUT2D eigenvalue weighted by Crippen LogP contribution is -2.40. The number of methoxy groups -OCH3 is 2. The van der Waals surface area contributed by atoms with Gasteiger partial charge >= 0.3 is 5.97 Å². The van der Waals surface area contributed by atoms with Crippen LogP contribution < -0.4 is 19.6 Å². The van der Waals surface area contributed by atoms with Crippen molar-refractivity contribution >= 4 is 62.2 Å². The molecule has 0 N–H and O–H groups in total. The first-order chi connectivity index (χ1) is 14.8. The summed E-state index contributed by atoms with van der Waals surface area (Å²) in [5.41, 5.74) is 1.07. The molecule has 0 radical (unpaired) electrons. The Labute approximate surface area is 198 Å². The number of benzene rings is 1. The van der Waals surface area contributed by atoms with Crippen LogP contribution >= 0.6 is 50.2 Å². The van der Waals surface area contributed by atoms with Gasteiger partial charge in [-0.3, -0.25) is 9.36 Å². The van der Waals surface area contributed by atoms with Gasteiger partial charge in [0.1, 0.15) is 11.8 Å². The summed E-state index contributed by atoms with van der Waals surface area (Å²) in [5.74, 6) is -0.0629. The van der Waals surface area contributed by atoms with E-state index >= 15 is 0 Å². The average Bonchev–Trinajstić information content (AvgIpc) is 3.29. The molecule has 3 aromatic rings. The van der Waals surface area contributed by atoms with E-state index in [1.165, 1.54) is 41.5 Å². The highest BCUT2D eigenvalue weighted by atomic mass is 79.9. The third-order valence-corrected chi connectivity index (χ3v) is 7.57. The molecule has 1 aliphatic heterocycles. The van der Waals surface area contributed by atoms with Gasteiger partial charge < -0.3 is 9.47 Å². The van der Waals surface area contributed by atoms with Crippen LogP contribution in [0.15, 0.2) is 55.2 Å². The molecule has 31 heavy (non-hydrogen) atoms. The number of thiazole rings is 1. The molecular formula is C21H16BrClN2O4S2. The fraction of sp³-hybridized carbons (Fsp3) is 0.190. The van der Waals surface area contributed by atoms with Gasteiger partial charge in [0.15, 0.2) is 4.80 Å². The third kappa shape index (κ3) is 4.03. The van der Waals surface area contributed by atoms with Gasteiger partial charge in [-0.05, 0) is 59.3 Å². The number of carbonyl (C=O) groups excluding carboxylic acids is 1. The van der Waals surface area contributed by atoms with Gasteiger partial charge in [0.05, 0.1) is 33.8 Å². The molecule has 1 aromatic carbocycles. The summed E-state index contributed by atoms with van der Waals surface area (Å²) in [5, 5.41) is 0.459. The second-order valence-corrected chi connectivity index (χ2v) is 10.5. The molecule has 0 aliphatic carbocycles. The van der Waals surface area contributed by atoms with Gasteiger partial charge in [-0.1, -0.05) is 22.9 Å². The van der Waals surface area contributed by atoms with Crippen molar-refractivity contribution in [3.63, 3.8) is 0 Å². The highest BCUT2D eigenvalue weighted by molar-refractivity contribution is 9.11. The number of allylic oxidation sites excluding steroid dienone is 1. The van der Waals surface area contributed by atoms with E-state index in [4.69, 9.17) is 21.1 Å². The Balaban J connectivity index is 2.04. The van der Waals surface area contributed by atoms with Crippen LogP contribution in [-0.4, -0.2) is 24.8 Å². The fourth-order valence-electron chi connectivity index (χ4n) is 3.44. The predicted molar refractivity (Wildman–Crippen MR) is 126 cm³/mol. The van der Waals surface area contributed by atoms with Crippen LogP contribution in [0.2, 0.25) is 5.02 Å². The Morgan fingerprint density at radius 3 is 2.68 bits per heavy atom. The quantitative estimate of drug-likeness (QED) is 0.472. The zero-order valence-corrected chi connectivity index (χ0v) is 20.6. The minimum atomic E-state index is -0.783. The number of aromatic nitrogens is 1. The SMILES string of the molecule is COC(=O)C1=C(C)N=c2s/c(=C\c3ccc(Br)s3)c(=O)n2[C@@H]1c1cc(Cl)ccc1OC. The Morgan fingerprint density at radius 2 is 2.03 bits per heavy atom. The zero-order valence-electron chi connectivity index (χ0n) is 16.6. The molecule has 1 aliphatic rings. The van der Waals surface area contributed by atoms with Crippen LogP contribution in [0.4, 0.5) is 0 Å². The highest BCUT2D eigenvalue weighted by Gasteiger charge is 2.35. The Kier molecular flexibility index (Phi) is 6.20. The van der Waals surface area contributed by atoms with E-state index in [1.807, 2.05) is 18.2 Å². The van der Waals surface area contributed by atoms with Crippen LogP contribution in [0, 0.1) is 0 Å². The van der Waals surface area contributed by atoms with E-state index in [2.05, 4.69) is 20.9 Å². The molecule has 0 amide bonds. The topological polar surface area (TPSA) is 69.9 Å². The molecule has 0 fully saturated rings. The van der Waals surface area contributed by atoms with Crippen molar-refractivity contribution in [2.45, 2.75) is 13.0 Å². The van der Waals surface area contributed by atoms with Crippen LogP contribution in [0.3, 0.4) is 0 Å². The summed E-state index contributed by atoms with van der Waals surface area (Å²) in [4.78, 5) is 32.2. The average molecular weight is 540 g/mol. The van der Waals surface area contributed by atoms with E-state index in [0.717, 1.165) is 8.66 Å². The molecular weight excluding hydrogens is 524 g/mol. The van der Waals surface area contributed by atoms with E-state index in [0.29, 0.717) is 31.4 Å². The summed E-state index contributed by atoms with van der Waals surface area (Å²) in [7, 11) is 2.83. The summed E-state index contributed by atoms with van der Waals surface area (Å²) in [6.45, 7) is 1.73. The molecule has 0 saturated carbocycles. The molecule has 10 heteroatoms. The monoisotopic (exact) mass is 538 g/mol. The molecule has 0 unspecified atom stereocenters. The largest absolute Gasteiger partial charge is 0.496 e. The molecule has 160 valence electrons. The highest BCUT2D eigenvalue weighted by Crippen LogP contribution is 2.37. The molecule has 2 aromatic heterocycles. The molecule has 4 rings (SSSR count). The zero-order chi connectivity index (χ0) is 22.3. The molecule has 0 bridgehead atoms. The number of esters is 1. The van der Waals surface area contributed by atoms with Crippen molar-refractivity contribution in [1.29, 1.82) is 0 Å². The van der Waals surface area contributed by atoms with Crippen LogP contribution in [0.5, 0.6) is 5.75 Å². The maximum atomic E-state index is 13.5. The van der Waals surface area contributed by atoms with Crippen molar-refractivity contribution < 1.29 is 14.3 Å². The second-order valence-electron chi connectivity index (χ2n) is 6.60. The summed E-state index contributed by atoms with van der Waals surface area (Å²) >= 11 is 12.5. The summed E-state index contributed by atoms with van der Waals surface area (Å²) in [6, 6.07) is 8.16. The normalized spacial score (nSPS) is 16.2.